The number of carbonyl (C=O) groups is 1. The van der Waals surface area contributed by atoms with Gasteiger partial charge in [0.05, 0.1) is 23.4 Å². The molecule has 0 aliphatic heterocycles. The van der Waals surface area contributed by atoms with Crippen molar-refractivity contribution < 1.29 is 17.6 Å². The number of anilines is 1. The highest BCUT2D eigenvalue weighted by Gasteiger charge is 2.28. The van der Waals surface area contributed by atoms with E-state index in [2.05, 4.69) is 5.32 Å². The second-order valence-electron chi connectivity index (χ2n) is 6.97. The lowest BCUT2D eigenvalue weighted by molar-refractivity contribution is -0.119. The second-order valence-corrected chi connectivity index (χ2v) is 8.83. The Morgan fingerprint density at radius 3 is 2.31 bits per heavy atom. The SMILES string of the molecule is Cc1ccc(S(=O)(=O)N(CC(=O)NCc2ccco2)c2ccc(C)cc2C)cc1. The molecule has 0 radical (unpaired) electrons. The number of rotatable bonds is 7. The van der Waals surface area contributed by atoms with Gasteiger partial charge in [0.25, 0.3) is 10.0 Å². The third-order valence-electron chi connectivity index (χ3n) is 4.56. The number of nitrogens with one attached hydrogen (secondary N) is 1. The van der Waals surface area contributed by atoms with Crippen molar-refractivity contribution in [2.75, 3.05) is 10.8 Å². The van der Waals surface area contributed by atoms with Gasteiger partial charge in [-0.1, -0.05) is 35.4 Å². The van der Waals surface area contributed by atoms with Crippen molar-refractivity contribution in [2.45, 2.75) is 32.2 Å². The molecular weight excluding hydrogens is 388 g/mol. The van der Waals surface area contributed by atoms with Gasteiger partial charge in [0, 0.05) is 0 Å². The average molecular weight is 413 g/mol. The van der Waals surface area contributed by atoms with Crippen molar-refractivity contribution in [3.63, 3.8) is 0 Å². The van der Waals surface area contributed by atoms with Crippen LogP contribution in [-0.2, 0) is 21.4 Å². The number of hydrogen-bond donors (Lipinski definition) is 1. The number of nitrogens with zero attached hydrogens (tertiary/aromatic N) is 1. The van der Waals surface area contributed by atoms with E-state index in [4.69, 9.17) is 4.42 Å². The van der Waals surface area contributed by atoms with E-state index in [1.165, 1.54) is 6.26 Å². The molecule has 1 N–H and O–H groups in total. The predicted molar refractivity (Wildman–Crippen MR) is 112 cm³/mol. The minimum atomic E-state index is -3.92. The fourth-order valence-electron chi connectivity index (χ4n) is 3.01. The molecule has 0 aliphatic carbocycles. The molecule has 0 saturated heterocycles. The molecule has 0 bridgehead atoms. The number of sulfonamides is 1. The average Bonchev–Trinajstić information content (AvgIpc) is 3.19. The summed E-state index contributed by atoms with van der Waals surface area (Å²) in [6, 6.07) is 15.5. The highest BCUT2D eigenvalue weighted by Crippen LogP contribution is 2.27. The van der Waals surface area contributed by atoms with Crippen LogP contribution in [0.4, 0.5) is 5.69 Å². The van der Waals surface area contributed by atoms with E-state index in [1.54, 1.807) is 42.5 Å². The highest BCUT2D eigenvalue weighted by atomic mass is 32.2. The molecule has 7 heteroatoms. The van der Waals surface area contributed by atoms with Gasteiger partial charge in [-0.05, 0) is 56.7 Å². The molecule has 1 aromatic heterocycles. The van der Waals surface area contributed by atoms with Gasteiger partial charge in [0.1, 0.15) is 12.3 Å². The highest BCUT2D eigenvalue weighted by molar-refractivity contribution is 7.92. The molecule has 0 fully saturated rings. The van der Waals surface area contributed by atoms with E-state index in [0.29, 0.717) is 11.4 Å². The van der Waals surface area contributed by atoms with E-state index in [0.717, 1.165) is 21.0 Å². The van der Waals surface area contributed by atoms with Gasteiger partial charge in [-0.15, -0.1) is 0 Å². The smallest absolute Gasteiger partial charge is 0.264 e. The van der Waals surface area contributed by atoms with Crippen LogP contribution in [0, 0.1) is 20.8 Å². The van der Waals surface area contributed by atoms with Crippen molar-refractivity contribution in [1.29, 1.82) is 0 Å². The molecule has 0 aliphatic rings. The number of amides is 1. The molecule has 0 unspecified atom stereocenters. The molecule has 0 saturated carbocycles. The fourth-order valence-corrected chi connectivity index (χ4v) is 4.49. The first-order valence-electron chi connectivity index (χ1n) is 9.23. The summed E-state index contributed by atoms with van der Waals surface area (Å²) >= 11 is 0. The molecule has 1 amide bonds. The zero-order valence-corrected chi connectivity index (χ0v) is 17.5. The van der Waals surface area contributed by atoms with Crippen LogP contribution in [0.3, 0.4) is 0 Å². The summed E-state index contributed by atoms with van der Waals surface area (Å²) < 4.78 is 33.1. The van der Waals surface area contributed by atoms with Crippen LogP contribution in [0.5, 0.6) is 0 Å². The summed E-state index contributed by atoms with van der Waals surface area (Å²) in [5.41, 5.74) is 3.23. The van der Waals surface area contributed by atoms with Gasteiger partial charge in [0.2, 0.25) is 5.91 Å². The van der Waals surface area contributed by atoms with Gasteiger partial charge in [-0.25, -0.2) is 8.42 Å². The lowest BCUT2D eigenvalue weighted by Crippen LogP contribution is -2.41. The minimum Gasteiger partial charge on any atom is -0.467 e. The van der Waals surface area contributed by atoms with E-state index < -0.39 is 15.9 Å². The summed E-state index contributed by atoms with van der Waals surface area (Å²) in [4.78, 5) is 12.7. The van der Waals surface area contributed by atoms with Crippen LogP contribution in [0.1, 0.15) is 22.5 Å². The monoisotopic (exact) mass is 412 g/mol. The van der Waals surface area contributed by atoms with Crippen LogP contribution < -0.4 is 9.62 Å². The van der Waals surface area contributed by atoms with Crippen LogP contribution in [0.15, 0.2) is 70.2 Å². The number of carbonyl (C=O) groups excluding carboxylic acids is 1. The maximum Gasteiger partial charge on any atom is 0.264 e. The Morgan fingerprint density at radius 1 is 1.00 bits per heavy atom. The molecule has 6 nitrogen and oxygen atoms in total. The van der Waals surface area contributed by atoms with Crippen LogP contribution in [0.2, 0.25) is 0 Å². The largest absolute Gasteiger partial charge is 0.467 e. The van der Waals surface area contributed by atoms with Gasteiger partial charge < -0.3 is 9.73 Å². The van der Waals surface area contributed by atoms with Crippen molar-refractivity contribution in [1.82, 2.24) is 5.32 Å². The lowest BCUT2D eigenvalue weighted by Gasteiger charge is -2.26. The summed E-state index contributed by atoms with van der Waals surface area (Å²) in [6.07, 6.45) is 1.52. The first-order chi connectivity index (χ1) is 13.8. The van der Waals surface area contributed by atoms with Gasteiger partial charge in [-0.2, -0.15) is 0 Å². The van der Waals surface area contributed by atoms with E-state index in [1.807, 2.05) is 32.9 Å². The van der Waals surface area contributed by atoms with Crippen molar-refractivity contribution in [3.05, 3.63) is 83.3 Å². The van der Waals surface area contributed by atoms with E-state index in [9.17, 15) is 13.2 Å². The molecule has 3 aromatic rings. The summed E-state index contributed by atoms with van der Waals surface area (Å²) in [7, 11) is -3.92. The molecular formula is C22H24N2O4S. The molecule has 0 spiro atoms. The Balaban J connectivity index is 1.92. The number of hydrogen-bond acceptors (Lipinski definition) is 4. The topological polar surface area (TPSA) is 79.6 Å². The Labute approximate surface area is 171 Å². The number of benzene rings is 2. The quantitative estimate of drug-likeness (QED) is 0.641. The molecule has 2 aromatic carbocycles. The summed E-state index contributed by atoms with van der Waals surface area (Å²) in [5.74, 6) is 0.176. The third-order valence-corrected chi connectivity index (χ3v) is 6.33. The van der Waals surface area contributed by atoms with Crippen LogP contribution in [0.25, 0.3) is 0 Å². The normalized spacial score (nSPS) is 11.3. The Kier molecular flexibility index (Phi) is 6.08. The second kappa shape index (κ2) is 8.53. The van der Waals surface area contributed by atoms with Gasteiger partial charge >= 0.3 is 0 Å². The Hall–Kier alpha value is -3.06. The number of furan rings is 1. The zero-order chi connectivity index (χ0) is 21.0. The van der Waals surface area contributed by atoms with Gasteiger partial charge in [0.15, 0.2) is 0 Å². The van der Waals surface area contributed by atoms with Crippen LogP contribution in [-0.4, -0.2) is 20.9 Å². The first-order valence-corrected chi connectivity index (χ1v) is 10.7. The van der Waals surface area contributed by atoms with Crippen LogP contribution >= 0.6 is 0 Å². The molecule has 1 heterocycles. The molecule has 0 atom stereocenters. The fraction of sp³-hybridized carbons (Fsp3) is 0.227. The van der Waals surface area contributed by atoms with Gasteiger partial charge in [-0.3, -0.25) is 9.10 Å². The predicted octanol–water partition coefficient (Wildman–Crippen LogP) is 3.72. The molecule has 3 rings (SSSR count). The van der Waals surface area contributed by atoms with Crippen molar-refractivity contribution >= 4 is 21.6 Å². The van der Waals surface area contributed by atoms with Crippen molar-refractivity contribution in [3.8, 4) is 0 Å². The maximum atomic E-state index is 13.4. The van der Waals surface area contributed by atoms with Crippen molar-refractivity contribution in [2.24, 2.45) is 0 Å². The third kappa shape index (κ3) is 4.86. The standard InChI is InChI=1S/C22H24N2O4S/c1-16-6-9-20(10-7-16)29(26,27)24(21-11-8-17(2)13-18(21)3)15-22(25)23-14-19-5-4-12-28-19/h4-13H,14-15H2,1-3H3,(H,23,25). The van der Waals surface area contributed by atoms with E-state index in [-0.39, 0.29) is 18.0 Å². The summed E-state index contributed by atoms with van der Waals surface area (Å²) in [6.45, 7) is 5.52. The Morgan fingerprint density at radius 2 is 1.69 bits per heavy atom. The van der Waals surface area contributed by atoms with E-state index >= 15 is 0 Å². The maximum absolute atomic E-state index is 13.4. The summed E-state index contributed by atoms with van der Waals surface area (Å²) in [5, 5.41) is 2.71. The zero-order valence-electron chi connectivity index (χ0n) is 16.7. The Bertz CT molecular complexity index is 1090. The lowest BCUT2D eigenvalue weighted by atomic mass is 10.1. The minimum absolute atomic E-state index is 0.141. The first kappa shape index (κ1) is 20.7. The number of aryl methyl sites for hydroxylation is 3. The molecule has 152 valence electrons. The molecule has 29 heavy (non-hydrogen) atoms.